The molecule has 3 nitrogen and oxygen atoms in total. The van der Waals surface area contributed by atoms with Crippen LogP contribution in [-0.4, -0.2) is 22.3 Å². The number of aromatic nitrogens is 2. The molecule has 1 aliphatic heterocycles. The number of halogens is 1. The number of hydrogen-bond acceptors (Lipinski definition) is 2. The topological polar surface area (TPSA) is 30.4 Å². The number of hydrogen-bond donors (Lipinski definition) is 0. The van der Waals surface area contributed by atoms with Crippen LogP contribution in [0.5, 0.6) is 0 Å². The maximum atomic E-state index is 6.16. The van der Waals surface area contributed by atoms with Gasteiger partial charge in [0, 0.05) is 18.0 Å². The van der Waals surface area contributed by atoms with Crippen LogP contribution in [0.3, 0.4) is 0 Å². The zero-order valence-corrected chi connectivity index (χ0v) is 9.39. The lowest BCUT2D eigenvalue weighted by atomic mass is 10.2. The average molecular weight is 235 g/mol. The van der Waals surface area contributed by atoms with Gasteiger partial charge in [-0.05, 0) is 12.1 Å². The summed E-state index contributed by atoms with van der Waals surface area (Å²) in [5.74, 6) is 0.904. The molecule has 1 aromatic heterocycles. The third-order valence-corrected chi connectivity index (χ3v) is 2.96. The van der Waals surface area contributed by atoms with Crippen molar-refractivity contribution in [1.29, 1.82) is 0 Å². The Balaban J connectivity index is 1.99. The van der Waals surface area contributed by atoms with Gasteiger partial charge in [-0.2, -0.15) is 0 Å². The Kier molecular flexibility index (Phi) is 2.42. The van der Waals surface area contributed by atoms with E-state index in [9.17, 15) is 0 Å². The molecule has 2 heterocycles. The van der Waals surface area contributed by atoms with Crippen molar-refractivity contribution in [3.8, 4) is 11.4 Å². The lowest BCUT2D eigenvalue weighted by Gasteiger charge is -2.07. The molecule has 2 aromatic rings. The van der Waals surface area contributed by atoms with E-state index in [4.69, 9.17) is 16.3 Å². The SMILES string of the molecule is Clc1ccccc1-c1nccn1C[C@@H]1CO1. The van der Waals surface area contributed by atoms with E-state index in [1.807, 2.05) is 30.5 Å². The first-order valence-corrected chi connectivity index (χ1v) is 5.60. The molecule has 4 heteroatoms. The van der Waals surface area contributed by atoms with Crippen LogP contribution in [0.1, 0.15) is 0 Å². The molecule has 0 saturated carbocycles. The number of ether oxygens (including phenoxy) is 1. The lowest BCUT2D eigenvalue weighted by Crippen LogP contribution is -2.04. The molecule has 1 atom stereocenters. The summed E-state index contributed by atoms with van der Waals surface area (Å²) in [5, 5.41) is 0.728. The van der Waals surface area contributed by atoms with E-state index in [1.165, 1.54) is 0 Å². The molecule has 0 unspecified atom stereocenters. The highest BCUT2D eigenvalue weighted by molar-refractivity contribution is 6.33. The normalized spacial score (nSPS) is 18.7. The molecule has 0 amide bonds. The summed E-state index contributed by atoms with van der Waals surface area (Å²) in [6.45, 7) is 1.70. The van der Waals surface area contributed by atoms with Crippen molar-refractivity contribution in [2.45, 2.75) is 12.6 Å². The number of benzene rings is 1. The minimum absolute atomic E-state index is 0.343. The van der Waals surface area contributed by atoms with Gasteiger partial charge in [0.05, 0.1) is 24.3 Å². The summed E-state index contributed by atoms with van der Waals surface area (Å²) in [4.78, 5) is 4.35. The highest BCUT2D eigenvalue weighted by Crippen LogP contribution is 2.27. The monoisotopic (exact) mass is 234 g/mol. The molecule has 1 saturated heterocycles. The van der Waals surface area contributed by atoms with Gasteiger partial charge in [-0.25, -0.2) is 4.98 Å². The van der Waals surface area contributed by atoms with Gasteiger partial charge in [0.25, 0.3) is 0 Å². The minimum Gasteiger partial charge on any atom is -0.371 e. The summed E-state index contributed by atoms with van der Waals surface area (Å²) in [5.41, 5.74) is 0.967. The highest BCUT2D eigenvalue weighted by atomic mass is 35.5. The van der Waals surface area contributed by atoms with E-state index in [2.05, 4.69) is 9.55 Å². The van der Waals surface area contributed by atoms with E-state index < -0.39 is 0 Å². The first-order valence-electron chi connectivity index (χ1n) is 5.22. The highest BCUT2D eigenvalue weighted by Gasteiger charge is 2.24. The summed E-state index contributed by atoms with van der Waals surface area (Å²) in [7, 11) is 0. The minimum atomic E-state index is 0.343. The lowest BCUT2D eigenvalue weighted by molar-refractivity contribution is 0.383. The second-order valence-corrected chi connectivity index (χ2v) is 4.25. The molecule has 0 radical (unpaired) electrons. The molecular weight excluding hydrogens is 224 g/mol. The molecule has 0 spiro atoms. The Morgan fingerprint density at radius 1 is 1.44 bits per heavy atom. The Bertz CT molecular complexity index is 505. The largest absolute Gasteiger partial charge is 0.371 e. The second kappa shape index (κ2) is 3.92. The zero-order valence-electron chi connectivity index (χ0n) is 8.64. The number of imidazole rings is 1. The average Bonchev–Trinajstić information content (AvgIpc) is 2.97. The van der Waals surface area contributed by atoms with Crippen molar-refractivity contribution in [3.05, 3.63) is 41.7 Å². The fraction of sp³-hybridized carbons (Fsp3) is 0.250. The van der Waals surface area contributed by atoms with Crippen molar-refractivity contribution in [1.82, 2.24) is 9.55 Å². The smallest absolute Gasteiger partial charge is 0.141 e. The van der Waals surface area contributed by atoms with Gasteiger partial charge in [-0.15, -0.1) is 0 Å². The number of epoxide rings is 1. The molecule has 1 fully saturated rings. The molecule has 0 bridgehead atoms. The Labute approximate surface area is 98.6 Å². The van der Waals surface area contributed by atoms with Crippen LogP contribution in [-0.2, 0) is 11.3 Å². The van der Waals surface area contributed by atoms with Gasteiger partial charge >= 0.3 is 0 Å². The van der Waals surface area contributed by atoms with Crippen molar-refractivity contribution in [2.24, 2.45) is 0 Å². The summed E-state index contributed by atoms with van der Waals surface area (Å²) < 4.78 is 7.30. The Morgan fingerprint density at radius 3 is 3.00 bits per heavy atom. The van der Waals surface area contributed by atoms with Gasteiger partial charge < -0.3 is 9.30 Å². The first kappa shape index (κ1) is 9.87. The third-order valence-electron chi connectivity index (χ3n) is 2.63. The van der Waals surface area contributed by atoms with Crippen LogP contribution in [0, 0.1) is 0 Å². The van der Waals surface area contributed by atoms with E-state index in [-0.39, 0.29) is 0 Å². The van der Waals surface area contributed by atoms with Crippen LogP contribution in [0.4, 0.5) is 0 Å². The Morgan fingerprint density at radius 2 is 2.25 bits per heavy atom. The first-order chi connectivity index (χ1) is 7.84. The maximum Gasteiger partial charge on any atom is 0.141 e. The van der Waals surface area contributed by atoms with Crippen LogP contribution < -0.4 is 0 Å². The van der Waals surface area contributed by atoms with Crippen LogP contribution >= 0.6 is 11.6 Å². The van der Waals surface area contributed by atoms with Crippen molar-refractivity contribution in [3.63, 3.8) is 0 Å². The number of rotatable bonds is 3. The van der Waals surface area contributed by atoms with Gasteiger partial charge in [-0.3, -0.25) is 0 Å². The molecule has 3 rings (SSSR count). The molecule has 0 aliphatic carbocycles. The van der Waals surface area contributed by atoms with Crippen molar-refractivity contribution >= 4 is 11.6 Å². The van der Waals surface area contributed by atoms with Crippen LogP contribution in [0.2, 0.25) is 5.02 Å². The Hall–Kier alpha value is -1.32. The van der Waals surface area contributed by atoms with Gasteiger partial charge in [-0.1, -0.05) is 23.7 Å². The molecule has 1 aromatic carbocycles. The fourth-order valence-electron chi connectivity index (χ4n) is 1.74. The predicted molar refractivity (Wildman–Crippen MR) is 62.4 cm³/mol. The van der Waals surface area contributed by atoms with Crippen molar-refractivity contribution < 1.29 is 4.74 Å². The summed E-state index contributed by atoms with van der Waals surface area (Å²) in [6.07, 6.45) is 4.09. The standard InChI is InChI=1S/C12H11ClN2O/c13-11-4-2-1-3-10(11)12-14-5-6-15(12)7-9-8-16-9/h1-6,9H,7-8H2/t9-/m1/s1. The van der Waals surface area contributed by atoms with E-state index >= 15 is 0 Å². The molecular formula is C12H11ClN2O. The van der Waals surface area contributed by atoms with E-state index in [0.29, 0.717) is 6.10 Å². The molecule has 16 heavy (non-hydrogen) atoms. The van der Waals surface area contributed by atoms with Gasteiger partial charge in [0.2, 0.25) is 0 Å². The maximum absolute atomic E-state index is 6.16. The zero-order chi connectivity index (χ0) is 11.0. The summed E-state index contributed by atoms with van der Waals surface area (Å²) >= 11 is 6.16. The van der Waals surface area contributed by atoms with E-state index in [1.54, 1.807) is 6.20 Å². The number of nitrogens with zero attached hydrogens (tertiary/aromatic N) is 2. The summed E-state index contributed by atoms with van der Waals surface area (Å²) in [6, 6.07) is 7.75. The quantitative estimate of drug-likeness (QED) is 0.765. The van der Waals surface area contributed by atoms with E-state index in [0.717, 1.165) is 29.6 Å². The second-order valence-electron chi connectivity index (χ2n) is 3.84. The fourth-order valence-corrected chi connectivity index (χ4v) is 1.96. The van der Waals surface area contributed by atoms with Crippen molar-refractivity contribution in [2.75, 3.05) is 6.61 Å². The van der Waals surface area contributed by atoms with Gasteiger partial charge in [0.1, 0.15) is 5.82 Å². The van der Waals surface area contributed by atoms with Gasteiger partial charge in [0.15, 0.2) is 0 Å². The predicted octanol–water partition coefficient (Wildman–Crippen LogP) is 2.60. The van der Waals surface area contributed by atoms with Crippen LogP contribution in [0.15, 0.2) is 36.7 Å². The molecule has 0 N–H and O–H groups in total. The molecule has 1 aliphatic rings. The molecule has 82 valence electrons. The third kappa shape index (κ3) is 1.84. The van der Waals surface area contributed by atoms with Crippen LogP contribution in [0.25, 0.3) is 11.4 Å².